The summed E-state index contributed by atoms with van der Waals surface area (Å²) in [5.74, 6) is 0. The van der Waals surface area contributed by atoms with Gasteiger partial charge in [-0.2, -0.15) is 0 Å². The zero-order chi connectivity index (χ0) is 15.4. The largest absolute Gasteiger partial charge is 0.376 e. The highest BCUT2D eigenvalue weighted by atomic mass is 35.5. The number of nitrogens with one attached hydrogen (secondary N) is 1. The molecular weight excluding hydrogens is 338 g/mol. The SMILES string of the molecule is S=C(NC[C@H]1CCCO1)N1CCN(Cc2ccc(Cl)s2)CC1. The Hall–Kier alpha value is -0.400. The van der Waals surface area contributed by atoms with Crippen molar-refractivity contribution >= 4 is 40.3 Å². The molecule has 0 saturated carbocycles. The molecule has 0 aromatic carbocycles. The minimum Gasteiger partial charge on any atom is -0.376 e. The topological polar surface area (TPSA) is 27.7 Å². The van der Waals surface area contributed by atoms with Crippen LogP contribution in [0.1, 0.15) is 17.7 Å². The molecule has 2 aliphatic heterocycles. The minimum absolute atomic E-state index is 0.336. The van der Waals surface area contributed by atoms with Gasteiger partial charge in [-0.25, -0.2) is 0 Å². The Balaban J connectivity index is 1.38. The summed E-state index contributed by atoms with van der Waals surface area (Å²) in [5, 5.41) is 4.23. The molecular formula is C15H22ClN3OS2. The van der Waals surface area contributed by atoms with E-state index >= 15 is 0 Å². The molecule has 1 aromatic heterocycles. The van der Waals surface area contributed by atoms with Crippen LogP contribution in [0.15, 0.2) is 12.1 Å². The van der Waals surface area contributed by atoms with Gasteiger partial charge in [-0.15, -0.1) is 11.3 Å². The van der Waals surface area contributed by atoms with Crippen LogP contribution in [-0.4, -0.2) is 60.3 Å². The predicted octanol–water partition coefficient (Wildman–Crippen LogP) is 2.57. The van der Waals surface area contributed by atoms with Crippen LogP contribution in [0.5, 0.6) is 0 Å². The van der Waals surface area contributed by atoms with Crippen molar-refractivity contribution < 1.29 is 4.74 Å². The lowest BCUT2D eigenvalue weighted by Gasteiger charge is -2.36. The second kappa shape index (κ2) is 7.93. The van der Waals surface area contributed by atoms with E-state index in [0.29, 0.717) is 6.10 Å². The fourth-order valence-electron chi connectivity index (χ4n) is 2.88. The maximum absolute atomic E-state index is 5.99. The Bertz CT molecular complexity index is 497. The summed E-state index contributed by atoms with van der Waals surface area (Å²) in [6.45, 7) is 6.76. The lowest BCUT2D eigenvalue weighted by molar-refractivity contribution is 0.112. The Morgan fingerprint density at radius 3 is 2.82 bits per heavy atom. The number of thiophene rings is 1. The molecule has 0 spiro atoms. The number of thiocarbonyl (C=S) groups is 1. The van der Waals surface area contributed by atoms with Gasteiger partial charge in [0.2, 0.25) is 0 Å². The lowest BCUT2D eigenvalue weighted by Crippen LogP contribution is -2.52. The van der Waals surface area contributed by atoms with Crippen LogP contribution in [0.4, 0.5) is 0 Å². The van der Waals surface area contributed by atoms with Crippen molar-refractivity contribution in [3.05, 3.63) is 21.3 Å². The maximum atomic E-state index is 5.99. The third-order valence-corrected chi connectivity index (χ3v) is 5.79. The van der Waals surface area contributed by atoms with E-state index in [1.807, 2.05) is 6.07 Å². The van der Waals surface area contributed by atoms with Crippen LogP contribution in [0.2, 0.25) is 4.34 Å². The van der Waals surface area contributed by atoms with Gasteiger partial charge >= 0.3 is 0 Å². The monoisotopic (exact) mass is 359 g/mol. The van der Waals surface area contributed by atoms with Crippen LogP contribution in [-0.2, 0) is 11.3 Å². The van der Waals surface area contributed by atoms with Gasteiger partial charge in [-0.05, 0) is 37.2 Å². The molecule has 0 radical (unpaired) electrons. The fraction of sp³-hybridized carbons (Fsp3) is 0.667. The van der Waals surface area contributed by atoms with Gasteiger partial charge in [0.25, 0.3) is 0 Å². The second-order valence-corrected chi connectivity index (χ2v) is 7.98. The Morgan fingerprint density at radius 2 is 2.18 bits per heavy atom. The number of hydrogen-bond donors (Lipinski definition) is 1. The zero-order valence-electron chi connectivity index (χ0n) is 12.6. The quantitative estimate of drug-likeness (QED) is 0.834. The number of ether oxygens (including phenoxy) is 1. The molecule has 4 nitrogen and oxygen atoms in total. The Labute approximate surface area is 146 Å². The second-order valence-electron chi connectivity index (χ2n) is 5.79. The van der Waals surface area contributed by atoms with E-state index in [1.165, 1.54) is 11.3 Å². The molecule has 22 heavy (non-hydrogen) atoms. The highest BCUT2D eigenvalue weighted by Crippen LogP contribution is 2.23. The molecule has 0 bridgehead atoms. The Kier molecular flexibility index (Phi) is 5.93. The first kappa shape index (κ1) is 16.5. The first-order valence-corrected chi connectivity index (χ1v) is 9.42. The number of rotatable bonds is 4. The summed E-state index contributed by atoms with van der Waals surface area (Å²) < 4.78 is 6.49. The average Bonchev–Trinajstić information content (AvgIpc) is 3.17. The van der Waals surface area contributed by atoms with Crippen LogP contribution < -0.4 is 5.32 Å². The van der Waals surface area contributed by atoms with Crippen molar-refractivity contribution in [2.45, 2.75) is 25.5 Å². The highest BCUT2D eigenvalue weighted by molar-refractivity contribution is 7.80. The molecule has 2 saturated heterocycles. The molecule has 2 aliphatic rings. The van der Waals surface area contributed by atoms with E-state index in [9.17, 15) is 0 Å². The van der Waals surface area contributed by atoms with E-state index in [0.717, 1.165) is 61.7 Å². The van der Waals surface area contributed by atoms with Gasteiger partial charge in [0.1, 0.15) is 0 Å². The molecule has 2 fully saturated rings. The summed E-state index contributed by atoms with van der Waals surface area (Å²) in [4.78, 5) is 6.06. The van der Waals surface area contributed by atoms with Gasteiger partial charge in [0.05, 0.1) is 10.4 Å². The van der Waals surface area contributed by atoms with Crippen molar-refractivity contribution in [2.24, 2.45) is 0 Å². The first-order valence-electron chi connectivity index (χ1n) is 7.81. The van der Waals surface area contributed by atoms with Crippen LogP contribution in [0.3, 0.4) is 0 Å². The molecule has 7 heteroatoms. The molecule has 122 valence electrons. The fourth-order valence-corrected chi connectivity index (χ4v) is 4.28. The van der Waals surface area contributed by atoms with Crippen molar-refractivity contribution in [3.8, 4) is 0 Å². The predicted molar refractivity (Wildman–Crippen MR) is 95.8 cm³/mol. The normalized spacial score (nSPS) is 23.0. The summed E-state index contributed by atoms with van der Waals surface area (Å²) >= 11 is 13.2. The Morgan fingerprint density at radius 1 is 1.36 bits per heavy atom. The molecule has 1 N–H and O–H groups in total. The molecule has 0 unspecified atom stereocenters. The molecule has 1 aromatic rings. The summed E-state index contributed by atoms with van der Waals surface area (Å²) in [7, 11) is 0. The van der Waals surface area contributed by atoms with Crippen molar-refractivity contribution in [1.82, 2.24) is 15.1 Å². The highest BCUT2D eigenvalue weighted by Gasteiger charge is 2.21. The average molecular weight is 360 g/mol. The third kappa shape index (κ3) is 4.55. The maximum Gasteiger partial charge on any atom is 0.169 e. The van der Waals surface area contributed by atoms with E-state index in [4.69, 9.17) is 28.6 Å². The minimum atomic E-state index is 0.336. The number of hydrogen-bond acceptors (Lipinski definition) is 4. The summed E-state index contributed by atoms with van der Waals surface area (Å²) in [5.41, 5.74) is 0. The van der Waals surface area contributed by atoms with Gasteiger partial charge in [-0.1, -0.05) is 11.6 Å². The van der Waals surface area contributed by atoms with Gasteiger partial charge in [-0.3, -0.25) is 4.90 Å². The van der Waals surface area contributed by atoms with Gasteiger partial charge in [0, 0.05) is 50.8 Å². The third-order valence-electron chi connectivity index (χ3n) is 4.17. The van der Waals surface area contributed by atoms with E-state index in [1.54, 1.807) is 11.3 Å². The molecule has 1 atom stereocenters. The zero-order valence-corrected chi connectivity index (χ0v) is 15.0. The number of piperazine rings is 1. The summed E-state index contributed by atoms with van der Waals surface area (Å²) in [6, 6.07) is 4.09. The number of halogens is 1. The van der Waals surface area contributed by atoms with Crippen LogP contribution >= 0.6 is 35.2 Å². The molecule has 0 aliphatic carbocycles. The van der Waals surface area contributed by atoms with Crippen LogP contribution in [0.25, 0.3) is 0 Å². The first-order chi connectivity index (χ1) is 10.7. The van der Waals surface area contributed by atoms with Crippen molar-refractivity contribution in [1.29, 1.82) is 0 Å². The van der Waals surface area contributed by atoms with Crippen molar-refractivity contribution in [2.75, 3.05) is 39.3 Å². The van der Waals surface area contributed by atoms with Crippen LogP contribution in [0, 0.1) is 0 Å². The van der Waals surface area contributed by atoms with E-state index in [-0.39, 0.29) is 0 Å². The standard InChI is InChI=1S/C15H22ClN3OS2/c16-14-4-3-13(22-14)11-18-5-7-19(8-6-18)15(21)17-10-12-2-1-9-20-12/h3-4,12H,1-2,5-11H2,(H,17,21)/t12-/m1/s1. The smallest absolute Gasteiger partial charge is 0.169 e. The van der Waals surface area contributed by atoms with E-state index in [2.05, 4.69) is 21.2 Å². The van der Waals surface area contributed by atoms with Crippen molar-refractivity contribution in [3.63, 3.8) is 0 Å². The molecule has 3 rings (SSSR count). The number of nitrogens with zero attached hydrogens (tertiary/aromatic N) is 2. The van der Waals surface area contributed by atoms with Gasteiger partial charge in [0.15, 0.2) is 5.11 Å². The molecule has 0 amide bonds. The van der Waals surface area contributed by atoms with Gasteiger partial charge < -0.3 is 15.0 Å². The molecule has 3 heterocycles. The summed E-state index contributed by atoms with van der Waals surface area (Å²) in [6.07, 6.45) is 2.65. The van der Waals surface area contributed by atoms with E-state index < -0.39 is 0 Å². The lowest BCUT2D eigenvalue weighted by atomic mass is 10.2.